The van der Waals surface area contributed by atoms with Gasteiger partial charge in [0.1, 0.15) is 5.82 Å². The van der Waals surface area contributed by atoms with E-state index in [-0.39, 0.29) is 0 Å². The Balaban J connectivity index is 2.13. The van der Waals surface area contributed by atoms with E-state index in [0.29, 0.717) is 0 Å². The molecule has 20 heavy (non-hydrogen) atoms. The number of hydrogen-bond acceptors (Lipinski definition) is 1. The lowest BCUT2D eigenvalue weighted by Gasteiger charge is -2.24. The zero-order valence-corrected chi connectivity index (χ0v) is 11.8. The SMILES string of the molecule is Cn1ccnc1C1(Cl)c2ccccc2-c2ccccc21. The van der Waals surface area contributed by atoms with E-state index in [1.807, 2.05) is 29.9 Å². The predicted molar refractivity (Wildman–Crippen MR) is 80.8 cm³/mol. The molecule has 0 radical (unpaired) electrons. The highest BCUT2D eigenvalue weighted by Gasteiger charge is 2.45. The number of benzene rings is 2. The molecular weight excluding hydrogens is 268 g/mol. The minimum absolute atomic E-state index is 0.703. The summed E-state index contributed by atoms with van der Waals surface area (Å²) in [7, 11) is 1.98. The molecule has 0 aliphatic heterocycles. The van der Waals surface area contributed by atoms with Crippen molar-refractivity contribution in [3.8, 4) is 11.1 Å². The molecule has 1 aromatic heterocycles. The largest absolute Gasteiger partial charge is 0.336 e. The van der Waals surface area contributed by atoms with Crippen molar-refractivity contribution in [3.05, 3.63) is 77.9 Å². The van der Waals surface area contributed by atoms with E-state index in [0.717, 1.165) is 17.0 Å². The van der Waals surface area contributed by atoms with Crippen LogP contribution < -0.4 is 0 Å². The zero-order valence-electron chi connectivity index (χ0n) is 11.0. The fourth-order valence-corrected chi connectivity index (χ4v) is 3.63. The normalized spacial score (nSPS) is 14.9. The number of hydrogen-bond donors (Lipinski definition) is 0. The van der Waals surface area contributed by atoms with Gasteiger partial charge in [0.15, 0.2) is 4.87 Å². The second kappa shape index (κ2) is 3.97. The van der Waals surface area contributed by atoms with Gasteiger partial charge >= 0.3 is 0 Å². The number of nitrogens with zero attached hydrogens (tertiary/aromatic N) is 2. The maximum Gasteiger partial charge on any atom is 0.153 e. The molecule has 0 unspecified atom stereocenters. The Morgan fingerprint density at radius 3 is 2.00 bits per heavy atom. The van der Waals surface area contributed by atoms with E-state index >= 15 is 0 Å². The maximum absolute atomic E-state index is 7.12. The van der Waals surface area contributed by atoms with Gasteiger partial charge in [-0.15, -0.1) is 11.6 Å². The molecule has 1 heterocycles. The van der Waals surface area contributed by atoms with E-state index in [2.05, 4.69) is 41.4 Å². The second-order valence-electron chi connectivity index (χ2n) is 5.11. The third-order valence-corrected chi connectivity index (χ3v) is 4.59. The molecule has 1 aliphatic rings. The second-order valence-corrected chi connectivity index (χ2v) is 5.68. The van der Waals surface area contributed by atoms with Crippen LogP contribution in [0.25, 0.3) is 11.1 Å². The predicted octanol–water partition coefficient (Wildman–Crippen LogP) is 3.93. The summed E-state index contributed by atoms with van der Waals surface area (Å²) in [6.07, 6.45) is 3.73. The number of aryl methyl sites for hydroxylation is 1. The van der Waals surface area contributed by atoms with Crippen molar-refractivity contribution in [1.82, 2.24) is 9.55 Å². The van der Waals surface area contributed by atoms with E-state index in [4.69, 9.17) is 11.6 Å². The Kier molecular flexibility index (Phi) is 2.33. The molecule has 4 rings (SSSR count). The van der Waals surface area contributed by atoms with Crippen molar-refractivity contribution in [2.75, 3.05) is 0 Å². The van der Waals surface area contributed by atoms with Gasteiger partial charge in [-0.1, -0.05) is 48.5 Å². The Labute approximate surface area is 122 Å². The molecule has 0 saturated carbocycles. The van der Waals surface area contributed by atoms with Crippen LogP contribution in [0.2, 0.25) is 0 Å². The van der Waals surface area contributed by atoms with Crippen LogP contribution >= 0.6 is 11.6 Å². The highest BCUT2D eigenvalue weighted by molar-refractivity contribution is 6.30. The number of halogens is 1. The van der Waals surface area contributed by atoms with Crippen molar-refractivity contribution in [2.24, 2.45) is 7.05 Å². The first-order valence-electron chi connectivity index (χ1n) is 6.59. The lowest BCUT2D eigenvalue weighted by Crippen LogP contribution is -2.23. The summed E-state index contributed by atoms with van der Waals surface area (Å²) >= 11 is 7.12. The van der Waals surface area contributed by atoms with Gasteiger partial charge in [-0.05, 0) is 22.3 Å². The number of fused-ring (bicyclic) bond motifs is 3. The Bertz CT molecular complexity index is 759. The standard InChI is InChI=1S/C17H13ClN2/c1-20-11-10-19-16(20)17(18)14-8-4-2-6-12(14)13-7-3-5-9-15(13)17/h2-11H,1H3. The molecule has 1 aliphatic carbocycles. The van der Waals surface area contributed by atoms with Crippen LogP contribution in [-0.2, 0) is 11.9 Å². The third kappa shape index (κ3) is 1.32. The van der Waals surface area contributed by atoms with Gasteiger partial charge in [0.2, 0.25) is 0 Å². The molecular formula is C17H13ClN2. The minimum Gasteiger partial charge on any atom is -0.336 e. The molecule has 0 saturated heterocycles. The first-order valence-corrected chi connectivity index (χ1v) is 6.97. The van der Waals surface area contributed by atoms with Crippen LogP contribution in [0.15, 0.2) is 60.9 Å². The van der Waals surface area contributed by atoms with Crippen molar-refractivity contribution >= 4 is 11.6 Å². The fraction of sp³-hybridized carbons (Fsp3) is 0.118. The number of alkyl halides is 1. The lowest BCUT2D eigenvalue weighted by molar-refractivity contribution is 0.728. The number of aromatic nitrogens is 2. The molecule has 0 spiro atoms. The van der Waals surface area contributed by atoms with Gasteiger partial charge < -0.3 is 4.57 Å². The van der Waals surface area contributed by atoms with Crippen molar-refractivity contribution in [1.29, 1.82) is 0 Å². The average molecular weight is 281 g/mol. The van der Waals surface area contributed by atoms with Gasteiger partial charge in [0, 0.05) is 19.4 Å². The lowest BCUT2D eigenvalue weighted by atomic mass is 9.95. The van der Waals surface area contributed by atoms with Gasteiger partial charge in [0.05, 0.1) is 0 Å². The minimum atomic E-state index is -0.703. The molecule has 2 nitrogen and oxygen atoms in total. The third-order valence-electron chi connectivity index (χ3n) is 4.02. The highest BCUT2D eigenvalue weighted by atomic mass is 35.5. The van der Waals surface area contributed by atoms with Crippen LogP contribution in [0.3, 0.4) is 0 Å². The summed E-state index contributed by atoms with van der Waals surface area (Å²) in [6, 6.07) is 16.6. The topological polar surface area (TPSA) is 17.8 Å². The van der Waals surface area contributed by atoms with Gasteiger partial charge in [-0.25, -0.2) is 4.98 Å². The number of imidazole rings is 1. The molecule has 0 N–H and O–H groups in total. The summed E-state index contributed by atoms with van der Waals surface area (Å²) < 4.78 is 1.99. The average Bonchev–Trinajstić information content (AvgIpc) is 3.02. The first-order chi connectivity index (χ1) is 9.73. The summed E-state index contributed by atoms with van der Waals surface area (Å²) in [6.45, 7) is 0. The molecule has 3 heteroatoms. The summed E-state index contributed by atoms with van der Waals surface area (Å²) in [5.41, 5.74) is 4.61. The van der Waals surface area contributed by atoms with Crippen molar-refractivity contribution < 1.29 is 0 Å². The molecule has 0 amide bonds. The van der Waals surface area contributed by atoms with Crippen LogP contribution in [-0.4, -0.2) is 9.55 Å². The fourth-order valence-electron chi connectivity index (χ4n) is 3.12. The quantitative estimate of drug-likeness (QED) is 0.618. The molecule has 0 fully saturated rings. The van der Waals surface area contributed by atoms with Gasteiger partial charge in [-0.3, -0.25) is 0 Å². The zero-order chi connectivity index (χ0) is 13.7. The van der Waals surface area contributed by atoms with Crippen LogP contribution in [0.5, 0.6) is 0 Å². The van der Waals surface area contributed by atoms with Crippen molar-refractivity contribution in [2.45, 2.75) is 4.87 Å². The number of rotatable bonds is 1. The smallest absolute Gasteiger partial charge is 0.153 e. The van der Waals surface area contributed by atoms with Crippen molar-refractivity contribution in [3.63, 3.8) is 0 Å². The summed E-state index contributed by atoms with van der Waals surface area (Å²) in [4.78, 5) is 3.80. The first kappa shape index (κ1) is 11.7. The van der Waals surface area contributed by atoms with E-state index < -0.39 is 4.87 Å². The molecule has 0 atom stereocenters. The van der Waals surface area contributed by atoms with Crippen LogP contribution in [0.4, 0.5) is 0 Å². The molecule has 98 valence electrons. The van der Waals surface area contributed by atoms with Gasteiger partial charge in [-0.2, -0.15) is 0 Å². The van der Waals surface area contributed by atoms with Crippen LogP contribution in [0, 0.1) is 0 Å². The summed E-state index contributed by atoms with van der Waals surface area (Å²) in [5, 5.41) is 0. The Morgan fingerprint density at radius 2 is 1.50 bits per heavy atom. The van der Waals surface area contributed by atoms with Crippen LogP contribution in [0.1, 0.15) is 17.0 Å². The Morgan fingerprint density at radius 1 is 0.950 bits per heavy atom. The van der Waals surface area contributed by atoms with E-state index in [1.54, 1.807) is 6.20 Å². The van der Waals surface area contributed by atoms with Gasteiger partial charge in [0.25, 0.3) is 0 Å². The highest BCUT2D eigenvalue weighted by Crippen LogP contribution is 2.54. The maximum atomic E-state index is 7.12. The monoisotopic (exact) mass is 280 g/mol. The summed E-state index contributed by atoms with van der Waals surface area (Å²) in [5.74, 6) is 0.858. The Hall–Kier alpha value is -2.06. The molecule has 3 aromatic rings. The van der Waals surface area contributed by atoms with E-state index in [9.17, 15) is 0 Å². The molecule has 0 bridgehead atoms. The van der Waals surface area contributed by atoms with E-state index in [1.165, 1.54) is 11.1 Å². The molecule has 2 aromatic carbocycles.